The topological polar surface area (TPSA) is 170 Å². The third-order valence-electron chi connectivity index (χ3n) is 12.8. The molecule has 1 unspecified atom stereocenters. The number of nitrogens with one attached hydrogen (secondary N) is 3. The highest BCUT2D eigenvalue weighted by Gasteiger charge is 2.45. The Labute approximate surface area is 364 Å². The van der Waals surface area contributed by atoms with E-state index >= 15 is 4.39 Å². The van der Waals surface area contributed by atoms with Crippen molar-refractivity contribution in [3.63, 3.8) is 0 Å². The molecular formula is C48H48FN9O5. The fourth-order valence-corrected chi connectivity index (χ4v) is 9.21. The van der Waals surface area contributed by atoms with Crippen LogP contribution in [0.25, 0.3) is 11.3 Å². The van der Waals surface area contributed by atoms with Gasteiger partial charge in [0, 0.05) is 60.6 Å². The van der Waals surface area contributed by atoms with E-state index in [9.17, 15) is 24.0 Å². The molecule has 3 fully saturated rings. The zero-order valence-corrected chi connectivity index (χ0v) is 35.0. The minimum atomic E-state index is -1.08. The molecule has 2 aromatic heterocycles. The maximum Gasteiger partial charge on any atom is 0.262 e. The van der Waals surface area contributed by atoms with E-state index in [1.165, 1.54) is 6.07 Å². The molecule has 4 aliphatic heterocycles. The van der Waals surface area contributed by atoms with Crippen LogP contribution in [-0.4, -0.2) is 98.0 Å². The van der Waals surface area contributed by atoms with E-state index in [-0.39, 0.29) is 35.8 Å². The zero-order chi connectivity index (χ0) is 43.6. The average molecular weight is 850 g/mol. The summed E-state index contributed by atoms with van der Waals surface area (Å²) in [7, 11) is 0. The second-order valence-corrected chi connectivity index (χ2v) is 17.0. The monoisotopic (exact) mass is 849 g/mol. The van der Waals surface area contributed by atoms with Gasteiger partial charge >= 0.3 is 0 Å². The highest BCUT2D eigenvalue weighted by atomic mass is 19.1. The van der Waals surface area contributed by atoms with Crippen molar-refractivity contribution in [3.8, 4) is 11.3 Å². The van der Waals surface area contributed by atoms with Crippen molar-refractivity contribution in [1.29, 1.82) is 0 Å². The summed E-state index contributed by atoms with van der Waals surface area (Å²) in [4.78, 5) is 82.8. The average Bonchev–Trinajstić information content (AvgIpc) is 3.53. The van der Waals surface area contributed by atoms with Gasteiger partial charge in [0.2, 0.25) is 17.8 Å². The third kappa shape index (κ3) is 9.11. The van der Waals surface area contributed by atoms with Crippen LogP contribution < -0.4 is 16.0 Å². The number of benzene rings is 3. The van der Waals surface area contributed by atoms with E-state index in [1.54, 1.807) is 18.6 Å². The van der Waals surface area contributed by atoms with E-state index in [1.807, 2.05) is 67.6 Å². The molecule has 63 heavy (non-hydrogen) atoms. The van der Waals surface area contributed by atoms with Crippen molar-refractivity contribution in [1.82, 2.24) is 35.0 Å². The number of piperidine rings is 3. The summed E-state index contributed by atoms with van der Waals surface area (Å²) in [5.74, 6) is -2.23. The van der Waals surface area contributed by atoms with Crippen molar-refractivity contribution in [3.05, 3.63) is 131 Å². The largest absolute Gasteiger partial charge is 0.324 e. The molecule has 15 heteroatoms. The molecule has 0 bridgehead atoms. The molecule has 1 atom stereocenters. The minimum absolute atomic E-state index is 0.0268. The van der Waals surface area contributed by atoms with Crippen molar-refractivity contribution in [2.45, 2.75) is 64.0 Å². The van der Waals surface area contributed by atoms with Crippen LogP contribution in [0.4, 0.5) is 21.7 Å². The number of hydrogen-bond acceptors (Lipinski definition) is 11. The highest BCUT2D eigenvalue weighted by Crippen LogP contribution is 2.36. The van der Waals surface area contributed by atoms with Gasteiger partial charge in [0.05, 0.1) is 16.8 Å². The van der Waals surface area contributed by atoms with Gasteiger partial charge in [-0.15, -0.1) is 0 Å². The van der Waals surface area contributed by atoms with Gasteiger partial charge in [0.25, 0.3) is 17.7 Å². The van der Waals surface area contributed by atoms with Crippen LogP contribution in [0.15, 0.2) is 91.4 Å². The van der Waals surface area contributed by atoms with Gasteiger partial charge in [0.1, 0.15) is 11.9 Å². The van der Waals surface area contributed by atoms with E-state index in [0.717, 1.165) is 104 Å². The van der Waals surface area contributed by atoms with Crippen LogP contribution in [0.5, 0.6) is 0 Å². The van der Waals surface area contributed by atoms with Crippen LogP contribution in [-0.2, 0) is 16.1 Å². The van der Waals surface area contributed by atoms with Crippen LogP contribution >= 0.6 is 0 Å². The Kier molecular flexibility index (Phi) is 11.9. The number of nitrogens with zero attached hydrogens (tertiary/aromatic N) is 6. The molecule has 5 aromatic rings. The van der Waals surface area contributed by atoms with Gasteiger partial charge in [-0.2, -0.15) is 0 Å². The molecule has 9 rings (SSSR count). The van der Waals surface area contributed by atoms with Gasteiger partial charge in [0.15, 0.2) is 0 Å². The molecule has 0 spiro atoms. The molecule has 3 saturated heterocycles. The second-order valence-electron chi connectivity index (χ2n) is 17.0. The number of imide groups is 2. The Morgan fingerprint density at radius 3 is 2.32 bits per heavy atom. The minimum Gasteiger partial charge on any atom is -0.324 e. The lowest BCUT2D eigenvalue weighted by Crippen LogP contribution is -2.54. The Bertz CT molecular complexity index is 2570. The molecule has 3 N–H and O–H groups in total. The molecule has 0 saturated carbocycles. The van der Waals surface area contributed by atoms with E-state index in [4.69, 9.17) is 0 Å². The number of carbonyl (C=O) groups is 5. The number of halogens is 1. The van der Waals surface area contributed by atoms with Gasteiger partial charge < -0.3 is 15.5 Å². The van der Waals surface area contributed by atoms with Crippen molar-refractivity contribution in [2.75, 3.05) is 43.4 Å². The Balaban J connectivity index is 0.724. The Morgan fingerprint density at radius 2 is 1.59 bits per heavy atom. The molecular weight excluding hydrogens is 802 g/mol. The third-order valence-corrected chi connectivity index (χ3v) is 12.8. The van der Waals surface area contributed by atoms with E-state index < -0.39 is 35.5 Å². The first kappa shape index (κ1) is 41.6. The Morgan fingerprint density at radius 1 is 0.841 bits per heavy atom. The van der Waals surface area contributed by atoms with Crippen LogP contribution in [0.2, 0.25) is 0 Å². The number of aromatic nitrogens is 3. The summed E-state index contributed by atoms with van der Waals surface area (Å²) in [6.45, 7) is 7.36. The normalized spacial score (nSPS) is 19.0. The number of likely N-dealkylation sites (tertiary alicyclic amines) is 2. The van der Waals surface area contributed by atoms with Gasteiger partial charge in [-0.25, -0.2) is 14.4 Å². The lowest BCUT2D eigenvalue weighted by molar-refractivity contribution is -0.136. The second kappa shape index (κ2) is 17.9. The van der Waals surface area contributed by atoms with Crippen LogP contribution in [0.3, 0.4) is 0 Å². The molecule has 0 radical (unpaired) electrons. The molecule has 3 aromatic carbocycles. The van der Waals surface area contributed by atoms with Gasteiger partial charge in [-0.05, 0) is 148 Å². The number of fused-ring (bicyclic) bond motifs is 1. The molecule has 5 amide bonds. The summed E-state index contributed by atoms with van der Waals surface area (Å²) in [6, 6.07) is 20.7. The summed E-state index contributed by atoms with van der Waals surface area (Å²) in [5, 5.41) is 8.51. The van der Waals surface area contributed by atoms with Gasteiger partial charge in [-0.3, -0.25) is 44.1 Å². The SMILES string of the molecule is Cc1ccc(NC(=O)c2ccc(CN3CCC(CN4CCC(c5cc6c(cc5F)C(=O)N(C5CCC(=O)NC5=O)C6=O)CC4)CC3)cc2)cc1Nc1nccc(-c2cccnc2)n1. The summed E-state index contributed by atoms with van der Waals surface area (Å²) in [5.41, 5.74) is 6.30. The van der Waals surface area contributed by atoms with Crippen LogP contribution in [0.1, 0.15) is 92.2 Å². The van der Waals surface area contributed by atoms with Crippen molar-refractivity contribution >= 4 is 46.9 Å². The zero-order valence-electron chi connectivity index (χ0n) is 35.0. The predicted molar refractivity (Wildman–Crippen MR) is 234 cm³/mol. The number of hydrogen-bond donors (Lipinski definition) is 3. The smallest absolute Gasteiger partial charge is 0.262 e. The number of amides is 5. The summed E-state index contributed by atoms with van der Waals surface area (Å²) in [6.07, 6.45) is 8.89. The first-order valence-electron chi connectivity index (χ1n) is 21.6. The molecule has 14 nitrogen and oxygen atoms in total. The molecule has 322 valence electrons. The quantitative estimate of drug-likeness (QED) is 0.125. The highest BCUT2D eigenvalue weighted by molar-refractivity contribution is 6.23. The number of pyridine rings is 1. The maximum atomic E-state index is 15.5. The lowest BCUT2D eigenvalue weighted by Gasteiger charge is -2.38. The maximum absolute atomic E-state index is 15.5. The molecule has 6 heterocycles. The molecule has 0 aliphatic carbocycles. The van der Waals surface area contributed by atoms with E-state index in [2.05, 4.69) is 40.7 Å². The van der Waals surface area contributed by atoms with E-state index in [0.29, 0.717) is 28.7 Å². The van der Waals surface area contributed by atoms with Gasteiger partial charge in [-0.1, -0.05) is 18.2 Å². The predicted octanol–water partition coefficient (Wildman–Crippen LogP) is 6.47. The number of anilines is 3. The Hall–Kier alpha value is -6.71. The number of aryl methyl sites for hydroxylation is 1. The first-order valence-corrected chi connectivity index (χ1v) is 21.6. The number of carbonyl (C=O) groups excluding carboxylic acids is 5. The first-order chi connectivity index (χ1) is 30.6. The summed E-state index contributed by atoms with van der Waals surface area (Å²) < 4.78 is 15.5. The number of rotatable bonds is 11. The standard InChI is InChI=1S/C48H48FN9O5/c1-29-4-9-35(23-41(29)54-48-51-18-12-40(53-48)34-3-2-17-50-26-34)52-44(60)33-7-5-30(6-8-33)27-56-19-13-31(14-20-56)28-57-21-15-32(16-22-57)36-24-37-38(25-39(36)49)47(63)58(46(37)62)42-10-11-43(59)55-45(42)61/h2-9,12,17-18,23-26,31-32,42H,10-11,13-16,19-22,27-28H2,1H3,(H,52,60)(H,51,53,54)(H,55,59,61). The van der Waals surface area contributed by atoms with Crippen LogP contribution in [0, 0.1) is 18.7 Å². The fourth-order valence-electron chi connectivity index (χ4n) is 9.21. The van der Waals surface area contributed by atoms with Crippen molar-refractivity contribution in [2.24, 2.45) is 5.92 Å². The molecule has 4 aliphatic rings. The fraction of sp³-hybridized carbons (Fsp3) is 0.333. The lowest BCUT2D eigenvalue weighted by atomic mass is 9.86. The van der Waals surface area contributed by atoms with Crippen molar-refractivity contribution < 1.29 is 28.4 Å². The summed E-state index contributed by atoms with van der Waals surface area (Å²) >= 11 is 0.